The van der Waals surface area contributed by atoms with Crippen LogP contribution in [0.15, 0.2) is 34.1 Å². The van der Waals surface area contributed by atoms with Crippen molar-refractivity contribution in [2.24, 2.45) is 0 Å². The van der Waals surface area contributed by atoms with Crippen molar-refractivity contribution < 1.29 is 38.4 Å². The average molecular weight is 487 g/mol. The number of hydrogen-bond acceptors (Lipinski definition) is 6. The number of nitrogens with zero attached hydrogens (tertiary/aromatic N) is 1. The van der Waals surface area contributed by atoms with Gasteiger partial charge in [0.05, 0.1) is 6.54 Å². The zero-order chi connectivity index (χ0) is 19.8. The summed E-state index contributed by atoms with van der Waals surface area (Å²) in [6.45, 7) is 1.47. The van der Waals surface area contributed by atoms with Gasteiger partial charge in [-0.3, -0.25) is 4.57 Å². The molecule has 0 aliphatic carbocycles. The van der Waals surface area contributed by atoms with E-state index in [9.17, 15) is 28.9 Å². The van der Waals surface area contributed by atoms with Crippen molar-refractivity contribution in [2.45, 2.75) is 25.0 Å². The van der Waals surface area contributed by atoms with E-state index in [4.69, 9.17) is 4.89 Å². The van der Waals surface area contributed by atoms with E-state index < -0.39 is 26.7 Å². The van der Waals surface area contributed by atoms with Crippen molar-refractivity contribution in [3.8, 4) is 0 Å². The third-order valence-electron chi connectivity index (χ3n) is 3.70. The molecule has 2 aromatic rings. The summed E-state index contributed by atoms with van der Waals surface area (Å²) >= 11 is 4.62. The molecule has 5 N–H and O–H groups in total. The van der Waals surface area contributed by atoms with Crippen LogP contribution in [-0.4, -0.2) is 24.9 Å². The fraction of sp³-hybridized carbons (Fsp3) is 0.308. The van der Waals surface area contributed by atoms with E-state index >= 15 is 0 Å². The second-order valence-corrected chi connectivity index (χ2v) is 11.3. The first-order valence-electron chi connectivity index (χ1n) is 7.17. The Kier molecular flexibility index (Phi) is 6.50. The Morgan fingerprint density at radius 3 is 2.35 bits per heavy atom. The van der Waals surface area contributed by atoms with E-state index in [1.165, 1.54) is 11.3 Å². The summed E-state index contributed by atoms with van der Waals surface area (Å²) in [5.41, 5.74) is 1.42. The predicted molar refractivity (Wildman–Crippen MR) is 98.1 cm³/mol. The lowest BCUT2D eigenvalue weighted by Crippen LogP contribution is -2.43. The van der Waals surface area contributed by atoms with Crippen molar-refractivity contribution in [1.29, 1.82) is 0 Å². The molecular formula is C13H17BrN2O7P2S. The summed E-state index contributed by atoms with van der Waals surface area (Å²) < 4.78 is 25.3. The van der Waals surface area contributed by atoms with Gasteiger partial charge >= 0.3 is 12.7 Å². The predicted octanol–water partition coefficient (Wildman–Crippen LogP) is 1.61. The van der Waals surface area contributed by atoms with Crippen molar-refractivity contribution in [3.05, 3.63) is 39.8 Å². The van der Waals surface area contributed by atoms with Crippen molar-refractivity contribution in [1.82, 2.24) is 0 Å². The molecule has 1 aromatic carbocycles. The van der Waals surface area contributed by atoms with Crippen LogP contribution in [0, 0.1) is 6.92 Å². The smallest absolute Gasteiger partial charge is 0.365 e. The molecule has 0 saturated carbocycles. The topological polar surface area (TPSA) is 154 Å². The molecule has 0 fully saturated rings. The molecule has 0 amide bonds. The molecule has 2 rings (SSSR count). The van der Waals surface area contributed by atoms with Gasteiger partial charge in [0, 0.05) is 16.3 Å². The summed E-state index contributed by atoms with van der Waals surface area (Å²) in [4.78, 5) is 38.9. The fourth-order valence-electron chi connectivity index (χ4n) is 2.17. The minimum atomic E-state index is -5.72. The van der Waals surface area contributed by atoms with E-state index in [-0.39, 0.29) is 6.54 Å². The molecule has 9 nitrogen and oxygen atoms in total. The molecule has 0 aliphatic heterocycles. The van der Waals surface area contributed by atoms with Crippen LogP contribution >= 0.6 is 42.5 Å². The van der Waals surface area contributed by atoms with Gasteiger partial charge in [-0.25, -0.2) is 9.88 Å². The molecule has 0 bridgehead atoms. The van der Waals surface area contributed by atoms with Crippen molar-refractivity contribution >= 4 is 53.3 Å². The number of benzene rings is 1. The highest BCUT2D eigenvalue weighted by Gasteiger charge is 2.53. The molecule has 1 heterocycles. The van der Waals surface area contributed by atoms with Gasteiger partial charge < -0.3 is 29.2 Å². The van der Waals surface area contributed by atoms with E-state index in [1.54, 1.807) is 29.0 Å². The average Bonchev–Trinajstić information content (AvgIpc) is 2.85. The molecule has 2 unspecified atom stereocenters. The van der Waals surface area contributed by atoms with Crippen LogP contribution in [0.2, 0.25) is 0 Å². The van der Waals surface area contributed by atoms with Crippen LogP contribution in [-0.2, 0) is 15.7 Å². The minimum Gasteiger partial charge on any atom is -0.776 e. The quantitative estimate of drug-likeness (QED) is 0.292. The maximum atomic E-state index is 11.4. The molecule has 2 atom stereocenters. The lowest BCUT2D eigenvalue weighted by atomic mass is 10.3. The second-order valence-electron chi connectivity index (χ2n) is 5.55. The number of thiazole rings is 1. The number of rotatable bonds is 7. The van der Waals surface area contributed by atoms with Crippen LogP contribution in [0.1, 0.15) is 12.1 Å². The molecule has 26 heavy (non-hydrogen) atoms. The van der Waals surface area contributed by atoms with Gasteiger partial charge in [0.15, 0.2) is 7.60 Å². The standard InChI is InChI=1S/C13H17BrN2O7P2S/c1-9-8-26-12(15-11-4-2-10(14)3-5-11)16(9)7-6-13(17,24(18,19)20)25(21,22)23/h2-5,8,17H,6-7H2,1H3,(H4,18,19,20,21,22,23). The maximum absolute atomic E-state index is 11.4. The van der Waals surface area contributed by atoms with Gasteiger partial charge in [-0.2, -0.15) is 0 Å². The lowest BCUT2D eigenvalue weighted by molar-refractivity contribution is -0.686. The van der Waals surface area contributed by atoms with Crippen molar-refractivity contribution in [2.75, 3.05) is 5.32 Å². The zero-order valence-electron chi connectivity index (χ0n) is 13.4. The highest BCUT2D eigenvalue weighted by atomic mass is 79.9. The third-order valence-corrected chi connectivity index (χ3v) is 9.06. The van der Waals surface area contributed by atoms with Gasteiger partial charge in [0.25, 0.3) is 0 Å². The number of aryl methyl sites for hydroxylation is 1. The van der Waals surface area contributed by atoms with Crippen LogP contribution in [0.5, 0.6) is 0 Å². The van der Waals surface area contributed by atoms with Gasteiger partial charge in [0.1, 0.15) is 11.4 Å². The first kappa shape index (κ1) is 21.7. The highest BCUT2D eigenvalue weighted by Crippen LogP contribution is 2.66. The van der Waals surface area contributed by atoms with Gasteiger partial charge in [0.2, 0.25) is 5.08 Å². The van der Waals surface area contributed by atoms with E-state index in [2.05, 4.69) is 21.2 Å². The van der Waals surface area contributed by atoms with Gasteiger partial charge in [-0.05, 0) is 31.2 Å². The number of nitrogens with one attached hydrogen (secondary N) is 1. The molecule has 0 spiro atoms. The monoisotopic (exact) mass is 486 g/mol. The summed E-state index contributed by atoms with van der Waals surface area (Å²) in [5.74, 6) is 0. The summed E-state index contributed by atoms with van der Waals surface area (Å²) in [6.07, 6.45) is -0.883. The first-order valence-corrected chi connectivity index (χ1v) is 12.0. The van der Waals surface area contributed by atoms with E-state index in [0.717, 1.165) is 10.2 Å². The molecule has 0 aliphatic rings. The summed E-state index contributed by atoms with van der Waals surface area (Å²) in [5, 5.41) is 11.8. The van der Waals surface area contributed by atoms with Crippen LogP contribution in [0.25, 0.3) is 0 Å². The Morgan fingerprint density at radius 1 is 1.27 bits per heavy atom. The third kappa shape index (κ3) is 4.62. The highest BCUT2D eigenvalue weighted by molar-refractivity contribution is 9.10. The second kappa shape index (κ2) is 7.79. The van der Waals surface area contributed by atoms with E-state index in [1.807, 2.05) is 12.1 Å². The van der Waals surface area contributed by atoms with Gasteiger partial charge in [-0.1, -0.05) is 27.3 Å². The van der Waals surface area contributed by atoms with Gasteiger partial charge in [-0.15, -0.1) is 0 Å². The Morgan fingerprint density at radius 2 is 1.85 bits per heavy atom. The SMILES string of the molecule is Cc1csc(Nc2ccc(Br)cc2)[n+]1CCC(O)(P(=O)([O-])O)P(=O)(O)O. The van der Waals surface area contributed by atoms with E-state index in [0.29, 0.717) is 10.8 Å². The number of aliphatic hydroxyl groups is 1. The summed E-state index contributed by atoms with van der Waals surface area (Å²) in [6, 6.07) is 7.24. The Hall–Kier alpha value is -0.610. The molecule has 144 valence electrons. The van der Waals surface area contributed by atoms with Crippen LogP contribution < -0.4 is 14.8 Å². The number of anilines is 2. The minimum absolute atomic E-state index is 0.247. The Balaban J connectivity index is 2.27. The fourth-order valence-corrected chi connectivity index (χ4v) is 5.48. The molecular weight excluding hydrogens is 470 g/mol. The summed E-state index contributed by atoms with van der Waals surface area (Å²) in [7, 11) is -11.3. The van der Waals surface area contributed by atoms with Crippen LogP contribution in [0.4, 0.5) is 10.8 Å². The van der Waals surface area contributed by atoms with Crippen molar-refractivity contribution in [3.63, 3.8) is 0 Å². The number of halogens is 1. The largest absolute Gasteiger partial charge is 0.776 e. The molecule has 0 saturated heterocycles. The zero-order valence-corrected chi connectivity index (χ0v) is 17.6. The molecule has 1 aromatic heterocycles. The Labute approximate surface area is 161 Å². The molecule has 13 heteroatoms. The first-order chi connectivity index (χ1) is 11.8. The van der Waals surface area contributed by atoms with Crippen LogP contribution in [0.3, 0.4) is 0 Å². The maximum Gasteiger partial charge on any atom is 0.365 e. The normalized spacial score (nSPS) is 16.7. The molecule has 0 radical (unpaired) electrons. The Bertz CT molecular complexity index is 855. The lowest BCUT2D eigenvalue weighted by Gasteiger charge is -2.35. The number of aromatic nitrogens is 1. The number of hydrogen-bond donors (Lipinski definition) is 5.